The van der Waals surface area contributed by atoms with Gasteiger partial charge in [-0.15, -0.1) is 0 Å². The maximum atomic E-state index is 11.8. The quantitative estimate of drug-likeness (QED) is 0.0777. The summed E-state index contributed by atoms with van der Waals surface area (Å²) in [4.78, 5) is 23.5. The van der Waals surface area contributed by atoms with Crippen molar-refractivity contribution < 1.29 is 71.2 Å². The Morgan fingerprint density at radius 1 is 0.364 bits per heavy atom. The fourth-order valence-corrected chi connectivity index (χ4v) is 4.15. The summed E-state index contributed by atoms with van der Waals surface area (Å²) >= 11 is 0. The van der Waals surface area contributed by atoms with Crippen LogP contribution in [-0.4, -0.2) is 171 Å². The van der Waals surface area contributed by atoms with Gasteiger partial charge in [-0.05, 0) is 17.7 Å². The molecule has 16 heteroatoms. The average molecular weight is 784 g/mol. The molecule has 2 rings (SSSR count). The van der Waals surface area contributed by atoms with Crippen LogP contribution in [0.25, 0.3) is 0 Å². The zero-order valence-corrected chi connectivity index (χ0v) is 32.1. The van der Waals surface area contributed by atoms with E-state index in [-0.39, 0.29) is 19.2 Å². The minimum absolute atomic E-state index is 0.195. The van der Waals surface area contributed by atoms with Gasteiger partial charge in [0.05, 0.1) is 151 Å². The van der Waals surface area contributed by atoms with Crippen LogP contribution in [0.4, 0.5) is 4.79 Å². The molecular weight excluding hydrogens is 722 g/mol. The number of esters is 1. The van der Waals surface area contributed by atoms with Crippen molar-refractivity contribution in [3.05, 3.63) is 71.8 Å². The van der Waals surface area contributed by atoms with Crippen molar-refractivity contribution in [1.82, 2.24) is 5.32 Å². The Morgan fingerprint density at radius 2 is 0.673 bits per heavy atom. The lowest BCUT2D eigenvalue weighted by molar-refractivity contribution is -0.0280. The molecule has 1 amide bonds. The second kappa shape index (κ2) is 37.7. The average Bonchev–Trinajstić information content (AvgIpc) is 3.21. The van der Waals surface area contributed by atoms with Crippen molar-refractivity contribution in [2.24, 2.45) is 0 Å². The van der Waals surface area contributed by atoms with Gasteiger partial charge in [-0.1, -0.05) is 48.5 Å². The van der Waals surface area contributed by atoms with Crippen molar-refractivity contribution in [1.29, 1.82) is 0 Å². The molecule has 2 aromatic rings. The topological polar surface area (TPSA) is 166 Å². The van der Waals surface area contributed by atoms with Crippen molar-refractivity contribution in [3.63, 3.8) is 0 Å². The Hall–Kier alpha value is -3.26. The SMILES string of the molecule is O=C(NCCOCCOCCOCCOCCOCCOCCOCCOCCOCCOCCOCCOC(=O)c1ccccc1)OCc1ccccc1. The molecular formula is C39H61NO15. The van der Waals surface area contributed by atoms with Crippen LogP contribution >= 0.6 is 0 Å². The Labute approximate surface area is 325 Å². The minimum Gasteiger partial charge on any atom is -0.460 e. The number of ether oxygens (including phenoxy) is 13. The first-order chi connectivity index (χ1) is 27.3. The van der Waals surface area contributed by atoms with Crippen LogP contribution in [-0.2, 0) is 68.2 Å². The second-order valence-electron chi connectivity index (χ2n) is 11.2. The first-order valence-electron chi connectivity index (χ1n) is 18.8. The molecule has 0 bridgehead atoms. The number of nitrogens with one attached hydrogen (secondary N) is 1. The molecule has 0 saturated heterocycles. The lowest BCUT2D eigenvalue weighted by Gasteiger charge is -2.09. The van der Waals surface area contributed by atoms with E-state index >= 15 is 0 Å². The van der Waals surface area contributed by atoms with Gasteiger partial charge in [-0.25, -0.2) is 9.59 Å². The number of carbonyl (C=O) groups is 2. The number of rotatable bonds is 39. The monoisotopic (exact) mass is 783 g/mol. The summed E-state index contributed by atoms with van der Waals surface area (Å²) in [6, 6.07) is 18.3. The summed E-state index contributed by atoms with van der Waals surface area (Å²) in [5.41, 5.74) is 1.45. The lowest BCUT2D eigenvalue weighted by atomic mass is 10.2. The van der Waals surface area contributed by atoms with Gasteiger partial charge in [0.2, 0.25) is 0 Å². The molecule has 55 heavy (non-hydrogen) atoms. The van der Waals surface area contributed by atoms with E-state index in [2.05, 4.69) is 5.32 Å². The molecule has 2 aromatic carbocycles. The number of benzene rings is 2. The minimum atomic E-state index is -0.474. The molecule has 0 aliphatic rings. The van der Waals surface area contributed by atoms with Gasteiger partial charge in [-0.3, -0.25) is 0 Å². The van der Waals surface area contributed by atoms with Gasteiger partial charge in [-0.2, -0.15) is 0 Å². The maximum absolute atomic E-state index is 11.8. The number of amides is 1. The van der Waals surface area contributed by atoms with E-state index in [1.165, 1.54) is 0 Å². The molecule has 0 unspecified atom stereocenters. The molecule has 0 atom stereocenters. The van der Waals surface area contributed by atoms with Gasteiger partial charge in [0.15, 0.2) is 0 Å². The Balaban J connectivity index is 1.14. The fraction of sp³-hybridized carbons (Fsp3) is 0.641. The van der Waals surface area contributed by atoms with Crippen LogP contribution in [0.3, 0.4) is 0 Å². The number of hydrogen-bond donors (Lipinski definition) is 1. The predicted molar refractivity (Wildman–Crippen MR) is 200 cm³/mol. The first-order valence-corrected chi connectivity index (χ1v) is 18.8. The van der Waals surface area contributed by atoms with E-state index in [0.717, 1.165) is 5.56 Å². The molecule has 0 aliphatic heterocycles. The van der Waals surface area contributed by atoms with Crippen LogP contribution in [0, 0.1) is 0 Å². The third-order valence-corrected chi connectivity index (χ3v) is 6.92. The van der Waals surface area contributed by atoms with E-state index < -0.39 is 6.09 Å². The fourth-order valence-electron chi connectivity index (χ4n) is 4.15. The summed E-state index contributed by atoms with van der Waals surface area (Å²) in [7, 11) is 0. The van der Waals surface area contributed by atoms with Crippen molar-refractivity contribution >= 4 is 12.1 Å². The molecule has 0 fully saturated rings. The predicted octanol–water partition coefficient (Wildman–Crippen LogP) is 2.95. The summed E-state index contributed by atoms with van der Waals surface area (Å²) < 4.78 is 70.3. The van der Waals surface area contributed by atoms with Crippen LogP contribution in [0.1, 0.15) is 15.9 Å². The number of hydrogen-bond acceptors (Lipinski definition) is 15. The van der Waals surface area contributed by atoms with E-state index in [1.54, 1.807) is 24.3 Å². The Kier molecular flexibility index (Phi) is 32.8. The largest absolute Gasteiger partial charge is 0.460 e. The standard InChI is InChI=1S/C39H61NO15/c41-38(37-9-5-2-6-10-37)54-34-33-53-32-31-52-30-29-51-28-27-50-26-25-49-24-23-48-22-21-47-20-19-46-18-17-45-16-15-44-14-13-43-12-11-40-39(42)55-35-36-7-3-1-4-8-36/h1-10H,11-35H2,(H,40,42). The zero-order chi connectivity index (χ0) is 39.0. The van der Waals surface area contributed by atoms with Gasteiger partial charge < -0.3 is 66.9 Å². The van der Waals surface area contributed by atoms with E-state index in [9.17, 15) is 9.59 Å². The van der Waals surface area contributed by atoms with Crippen molar-refractivity contribution in [2.45, 2.75) is 6.61 Å². The highest BCUT2D eigenvalue weighted by Gasteiger charge is 2.05. The molecule has 1 N–H and O–H groups in total. The molecule has 0 heterocycles. The lowest BCUT2D eigenvalue weighted by Crippen LogP contribution is -2.28. The smallest absolute Gasteiger partial charge is 0.407 e. The normalized spacial score (nSPS) is 11.1. The Morgan fingerprint density at radius 3 is 1.04 bits per heavy atom. The van der Waals surface area contributed by atoms with Crippen molar-refractivity contribution in [3.8, 4) is 0 Å². The van der Waals surface area contributed by atoms with Crippen LogP contribution in [0.15, 0.2) is 60.7 Å². The van der Waals surface area contributed by atoms with E-state index in [0.29, 0.717) is 157 Å². The zero-order valence-electron chi connectivity index (χ0n) is 32.1. The summed E-state index contributed by atoms with van der Waals surface area (Å²) in [5.74, 6) is -0.361. The third-order valence-electron chi connectivity index (χ3n) is 6.92. The molecule has 0 aromatic heterocycles. The van der Waals surface area contributed by atoms with Crippen molar-refractivity contribution in [2.75, 3.05) is 159 Å². The summed E-state index contributed by atoms with van der Waals surface area (Å²) in [6.45, 7) is 10.8. The Bertz CT molecular complexity index is 1130. The molecule has 312 valence electrons. The molecule has 0 aliphatic carbocycles. The third kappa shape index (κ3) is 31.6. The highest BCUT2D eigenvalue weighted by atomic mass is 16.6. The highest BCUT2D eigenvalue weighted by molar-refractivity contribution is 5.89. The van der Waals surface area contributed by atoms with Gasteiger partial charge in [0, 0.05) is 6.54 Å². The molecule has 0 spiro atoms. The number of alkyl carbamates (subject to hydrolysis) is 1. The van der Waals surface area contributed by atoms with Crippen LogP contribution in [0.5, 0.6) is 0 Å². The molecule has 0 radical (unpaired) electrons. The van der Waals surface area contributed by atoms with E-state index in [1.807, 2.05) is 36.4 Å². The number of carbonyl (C=O) groups excluding carboxylic acids is 2. The van der Waals surface area contributed by atoms with Gasteiger partial charge in [0.25, 0.3) is 0 Å². The molecule has 16 nitrogen and oxygen atoms in total. The second-order valence-corrected chi connectivity index (χ2v) is 11.2. The first kappa shape index (κ1) is 47.9. The van der Waals surface area contributed by atoms with E-state index in [4.69, 9.17) is 61.6 Å². The summed E-state index contributed by atoms with van der Waals surface area (Å²) in [6.07, 6.45) is -0.474. The van der Waals surface area contributed by atoms with Crippen LogP contribution < -0.4 is 5.32 Å². The van der Waals surface area contributed by atoms with Gasteiger partial charge >= 0.3 is 12.1 Å². The molecule has 0 saturated carbocycles. The highest BCUT2D eigenvalue weighted by Crippen LogP contribution is 2.01. The maximum Gasteiger partial charge on any atom is 0.407 e. The summed E-state index contributed by atoms with van der Waals surface area (Å²) in [5, 5.41) is 2.64. The van der Waals surface area contributed by atoms with Crippen LogP contribution in [0.2, 0.25) is 0 Å². The van der Waals surface area contributed by atoms with Gasteiger partial charge in [0.1, 0.15) is 13.2 Å².